The molecule has 0 aliphatic rings. The zero-order chi connectivity index (χ0) is 24.7. The standard InChI is InChI=1S/C29H42N2O2/c1-18(2)13-25(14-19(3)4)26-11-10-24(21(6)16-23(8)32)17-28(26)31-29(33)30-27-12-9-20(5)15-22(27)7/h9-12,15,17-19,21,25H,13-14,16H2,1-8H3,(H2,30,31,33). The maximum atomic E-state index is 13.0. The molecule has 0 aliphatic carbocycles. The number of carbonyl (C=O) groups is 2. The van der Waals surface area contributed by atoms with Crippen LogP contribution in [0.4, 0.5) is 16.2 Å². The van der Waals surface area contributed by atoms with E-state index in [-0.39, 0.29) is 17.7 Å². The van der Waals surface area contributed by atoms with Crippen LogP contribution in [0.15, 0.2) is 36.4 Å². The second-order valence-electron chi connectivity index (χ2n) is 10.5. The van der Waals surface area contributed by atoms with Gasteiger partial charge in [-0.25, -0.2) is 4.79 Å². The molecule has 0 spiro atoms. The molecule has 0 aliphatic heterocycles. The summed E-state index contributed by atoms with van der Waals surface area (Å²) >= 11 is 0. The first kappa shape index (κ1) is 26.6. The van der Waals surface area contributed by atoms with Gasteiger partial charge in [0.2, 0.25) is 0 Å². The van der Waals surface area contributed by atoms with Gasteiger partial charge in [-0.05, 0) is 86.1 Å². The third-order valence-corrected chi connectivity index (χ3v) is 6.07. The molecule has 0 heterocycles. The second-order valence-corrected chi connectivity index (χ2v) is 10.5. The first-order valence-corrected chi connectivity index (χ1v) is 12.2. The molecule has 4 heteroatoms. The van der Waals surface area contributed by atoms with Gasteiger partial charge in [0, 0.05) is 17.8 Å². The lowest BCUT2D eigenvalue weighted by atomic mass is 9.82. The highest BCUT2D eigenvalue weighted by Crippen LogP contribution is 2.37. The molecule has 1 atom stereocenters. The third kappa shape index (κ3) is 8.34. The second kappa shape index (κ2) is 12.0. The number of hydrogen-bond donors (Lipinski definition) is 2. The topological polar surface area (TPSA) is 58.2 Å². The molecule has 1 unspecified atom stereocenters. The van der Waals surface area contributed by atoms with Gasteiger partial charge in [0.25, 0.3) is 0 Å². The van der Waals surface area contributed by atoms with Crippen LogP contribution in [-0.2, 0) is 4.79 Å². The van der Waals surface area contributed by atoms with Crippen LogP contribution in [0.25, 0.3) is 0 Å². The molecular weight excluding hydrogens is 408 g/mol. The number of urea groups is 1. The lowest BCUT2D eigenvalue weighted by molar-refractivity contribution is -0.117. The van der Waals surface area contributed by atoms with E-state index in [1.54, 1.807) is 6.92 Å². The fourth-order valence-electron chi connectivity index (χ4n) is 4.61. The molecule has 0 bridgehead atoms. The molecule has 0 radical (unpaired) electrons. The lowest BCUT2D eigenvalue weighted by Crippen LogP contribution is -2.22. The normalized spacial score (nSPS) is 12.3. The molecule has 2 aromatic carbocycles. The van der Waals surface area contributed by atoms with Crippen LogP contribution in [-0.4, -0.2) is 11.8 Å². The van der Waals surface area contributed by atoms with Crippen LogP contribution in [0.2, 0.25) is 0 Å². The maximum Gasteiger partial charge on any atom is 0.323 e. The molecule has 2 amide bonds. The Labute approximate surface area is 200 Å². The number of amides is 2. The van der Waals surface area contributed by atoms with Crippen LogP contribution >= 0.6 is 0 Å². The van der Waals surface area contributed by atoms with E-state index in [4.69, 9.17) is 0 Å². The van der Waals surface area contributed by atoms with E-state index in [0.29, 0.717) is 24.2 Å². The molecule has 180 valence electrons. The maximum absolute atomic E-state index is 13.0. The number of carbonyl (C=O) groups excluding carboxylic acids is 2. The number of Topliss-reactive ketones (excluding diaryl/α,β-unsaturated/α-hetero) is 1. The number of ketones is 1. The molecule has 0 saturated carbocycles. The van der Waals surface area contributed by atoms with Gasteiger partial charge in [-0.2, -0.15) is 0 Å². The van der Waals surface area contributed by atoms with Crippen LogP contribution in [0.3, 0.4) is 0 Å². The molecule has 33 heavy (non-hydrogen) atoms. The van der Waals surface area contributed by atoms with Crippen molar-refractivity contribution in [3.8, 4) is 0 Å². The van der Waals surface area contributed by atoms with Crippen molar-refractivity contribution >= 4 is 23.2 Å². The Morgan fingerprint density at radius 3 is 1.97 bits per heavy atom. The summed E-state index contributed by atoms with van der Waals surface area (Å²) in [6.07, 6.45) is 2.62. The van der Waals surface area contributed by atoms with E-state index in [9.17, 15) is 9.59 Å². The lowest BCUT2D eigenvalue weighted by Gasteiger charge is -2.25. The van der Waals surface area contributed by atoms with Gasteiger partial charge in [-0.3, -0.25) is 0 Å². The van der Waals surface area contributed by atoms with Crippen molar-refractivity contribution in [2.75, 3.05) is 10.6 Å². The van der Waals surface area contributed by atoms with Gasteiger partial charge in [-0.15, -0.1) is 0 Å². The number of anilines is 2. The van der Waals surface area contributed by atoms with Crippen LogP contribution in [0, 0.1) is 25.7 Å². The van der Waals surface area contributed by atoms with Gasteiger partial charge >= 0.3 is 6.03 Å². The van der Waals surface area contributed by atoms with Crippen LogP contribution < -0.4 is 10.6 Å². The summed E-state index contributed by atoms with van der Waals surface area (Å²) in [5, 5.41) is 6.15. The Morgan fingerprint density at radius 1 is 0.818 bits per heavy atom. The Bertz CT molecular complexity index is 952. The smallest absolute Gasteiger partial charge is 0.307 e. The number of aryl methyl sites for hydroxylation is 2. The van der Waals surface area contributed by atoms with Crippen molar-refractivity contribution in [1.82, 2.24) is 0 Å². The van der Waals surface area contributed by atoms with Crippen molar-refractivity contribution in [3.05, 3.63) is 58.7 Å². The van der Waals surface area contributed by atoms with E-state index in [2.05, 4.69) is 69.5 Å². The summed E-state index contributed by atoms with van der Waals surface area (Å²) in [4.78, 5) is 24.7. The number of benzene rings is 2. The highest BCUT2D eigenvalue weighted by molar-refractivity contribution is 6.00. The summed E-state index contributed by atoms with van der Waals surface area (Å²) in [5.41, 5.74) is 6.10. The third-order valence-electron chi connectivity index (χ3n) is 6.07. The van der Waals surface area contributed by atoms with Crippen LogP contribution in [0.1, 0.15) is 94.9 Å². The summed E-state index contributed by atoms with van der Waals surface area (Å²) in [5.74, 6) is 1.75. The number of rotatable bonds is 10. The minimum absolute atomic E-state index is 0.105. The Kier molecular flexibility index (Phi) is 9.70. The Balaban J connectivity index is 2.40. The predicted molar refractivity (Wildman–Crippen MR) is 140 cm³/mol. The fourth-order valence-corrected chi connectivity index (χ4v) is 4.61. The van der Waals surface area contributed by atoms with E-state index in [0.717, 1.165) is 40.9 Å². The van der Waals surface area contributed by atoms with Gasteiger partial charge < -0.3 is 15.4 Å². The Morgan fingerprint density at radius 2 is 1.42 bits per heavy atom. The van der Waals surface area contributed by atoms with Crippen molar-refractivity contribution in [2.24, 2.45) is 11.8 Å². The fraction of sp³-hybridized carbons (Fsp3) is 0.517. The Hall–Kier alpha value is -2.62. The largest absolute Gasteiger partial charge is 0.323 e. The minimum Gasteiger partial charge on any atom is -0.307 e. The van der Waals surface area contributed by atoms with E-state index < -0.39 is 0 Å². The first-order valence-electron chi connectivity index (χ1n) is 12.2. The van der Waals surface area contributed by atoms with Crippen molar-refractivity contribution in [2.45, 2.75) is 86.5 Å². The van der Waals surface area contributed by atoms with E-state index >= 15 is 0 Å². The molecule has 0 saturated heterocycles. The highest BCUT2D eigenvalue weighted by Gasteiger charge is 2.21. The van der Waals surface area contributed by atoms with E-state index in [1.807, 2.05) is 26.0 Å². The van der Waals surface area contributed by atoms with Gasteiger partial charge in [0.15, 0.2) is 0 Å². The van der Waals surface area contributed by atoms with Gasteiger partial charge in [-0.1, -0.05) is 64.4 Å². The zero-order valence-electron chi connectivity index (χ0n) is 21.7. The summed E-state index contributed by atoms with van der Waals surface area (Å²) in [6, 6.07) is 12.1. The average Bonchev–Trinajstić information content (AvgIpc) is 2.68. The van der Waals surface area contributed by atoms with Crippen molar-refractivity contribution in [3.63, 3.8) is 0 Å². The molecular formula is C29H42N2O2. The van der Waals surface area contributed by atoms with Gasteiger partial charge in [0.1, 0.15) is 5.78 Å². The summed E-state index contributed by atoms with van der Waals surface area (Å²) in [6.45, 7) is 16.7. The quantitative estimate of drug-likeness (QED) is 0.383. The van der Waals surface area contributed by atoms with Crippen molar-refractivity contribution < 1.29 is 9.59 Å². The number of hydrogen-bond acceptors (Lipinski definition) is 2. The molecule has 0 aromatic heterocycles. The average molecular weight is 451 g/mol. The van der Waals surface area contributed by atoms with Crippen LogP contribution in [0.5, 0.6) is 0 Å². The SMILES string of the molecule is CC(=O)CC(C)c1ccc(C(CC(C)C)CC(C)C)c(NC(=O)Nc2ccc(C)cc2C)c1. The number of nitrogens with one attached hydrogen (secondary N) is 2. The van der Waals surface area contributed by atoms with E-state index in [1.165, 1.54) is 5.56 Å². The molecule has 0 fully saturated rings. The highest BCUT2D eigenvalue weighted by atomic mass is 16.2. The monoisotopic (exact) mass is 450 g/mol. The molecule has 4 nitrogen and oxygen atoms in total. The molecule has 2 N–H and O–H groups in total. The molecule has 2 aromatic rings. The zero-order valence-corrected chi connectivity index (χ0v) is 21.7. The summed E-state index contributed by atoms with van der Waals surface area (Å²) < 4.78 is 0. The molecule has 2 rings (SSSR count). The van der Waals surface area contributed by atoms with Gasteiger partial charge in [0.05, 0.1) is 0 Å². The van der Waals surface area contributed by atoms with Crippen molar-refractivity contribution in [1.29, 1.82) is 0 Å². The predicted octanol–water partition coefficient (Wildman–Crippen LogP) is 8.21. The minimum atomic E-state index is -0.243. The summed E-state index contributed by atoms with van der Waals surface area (Å²) in [7, 11) is 0. The first-order chi connectivity index (χ1) is 15.5.